The molecule has 0 amide bonds. The normalized spacial score (nSPS) is 22.0. The summed E-state index contributed by atoms with van der Waals surface area (Å²) in [5.41, 5.74) is 1.80. The quantitative estimate of drug-likeness (QED) is 0.253. The number of benzene rings is 2. The highest BCUT2D eigenvalue weighted by atomic mass is 32.1. The highest BCUT2D eigenvalue weighted by Crippen LogP contribution is 2.46. The number of rotatable bonds is 7. The number of alkyl halides is 2. The van der Waals surface area contributed by atoms with Gasteiger partial charge in [-0.05, 0) is 50.7 Å². The second-order valence-electron chi connectivity index (χ2n) is 9.86. The molecule has 0 saturated heterocycles. The molecule has 2 aromatic heterocycles. The molecule has 2 aliphatic carbocycles. The second kappa shape index (κ2) is 9.60. The van der Waals surface area contributed by atoms with Gasteiger partial charge in [0.05, 0.1) is 24.8 Å². The van der Waals surface area contributed by atoms with Gasteiger partial charge in [-0.1, -0.05) is 35.5 Å². The van der Waals surface area contributed by atoms with Gasteiger partial charge in [0.2, 0.25) is 0 Å². The Morgan fingerprint density at radius 3 is 2.68 bits per heavy atom. The molecule has 2 saturated carbocycles. The molecule has 0 radical (unpaired) electrons. The van der Waals surface area contributed by atoms with Gasteiger partial charge in [-0.15, -0.1) is 11.3 Å². The summed E-state index contributed by atoms with van der Waals surface area (Å²) < 4.78 is 40.2. The zero-order valence-electron chi connectivity index (χ0n) is 20.0. The van der Waals surface area contributed by atoms with Gasteiger partial charge >= 0.3 is 0 Å². The van der Waals surface area contributed by atoms with Gasteiger partial charge in [-0.25, -0.2) is 18.6 Å². The van der Waals surface area contributed by atoms with Gasteiger partial charge in [0.25, 0.3) is 6.43 Å². The largest absolute Gasteiger partial charge is 0.383 e. The summed E-state index contributed by atoms with van der Waals surface area (Å²) >= 11 is 1.43. The minimum Gasteiger partial charge on any atom is -0.383 e. The molecule has 6 nitrogen and oxygen atoms in total. The van der Waals surface area contributed by atoms with E-state index in [0.29, 0.717) is 47.6 Å². The van der Waals surface area contributed by atoms with Crippen LogP contribution in [0.2, 0.25) is 0 Å². The number of hydrogen-bond donors (Lipinski definition) is 1. The van der Waals surface area contributed by atoms with E-state index in [2.05, 4.69) is 15.0 Å². The molecule has 6 rings (SSSR count). The summed E-state index contributed by atoms with van der Waals surface area (Å²) in [7, 11) is 0. The number of nitrogens with zero attached hydrogens (tertiary/aromatic N) is 3. The summed E-state index contributed by atoms with van der Waals surface area (Å²) in [6.45, 7) is 7.44. The summed E-state index contributed by atoms with van der Waals surface area (Å²) in [5, 5.41) is 16.2. The smallest absolute Gasteiger partial charge is 0.264 e. The molecule has 0 atom stereocenters. The Kier molecular flexibility index (Phi) is 6.27. The molecule has 4 aromatic rings. The Bertz CT molecular complexity index is 1480. The number of thiazole rings is 1. The van der Waals surface area contributed by atoms with Crippen LogP contribution in [0.4, 0.5) is 14.5 Å². The molecule has 190 valence electrons. The summed E-state index contributed by atoms with van der Waals surface area (Å²) in [5.74, 6) is 0.997. The molecule has 9 heteroatoms. The average Bonchev–Trinajstić information content (AvgIpc) is 3.52. The molecule has 2 aromatic carbocycles. The van der Waals surface area contributed by atoms with Crippen LogP contribution in [0.5, 0.6) is 0 Å². The lowest BCUT2D eigenvalue weighted by Gasteiger charge is -2.34. The molecule has 1 N–H and O–H groups in total. The van der Waals surface area contributed by atoms with Crippen molar-refractivity contribution in [2.45, 2.75) is 69.2 Å². The van der Waals surface area contributed by atoms with Crippen molar-refractivity contribution in [3.8, 4) is 11.3 Å². The number of aliphatic hydroxyl groups is 1. The minimum absolute atomic E-state index is 0.0681. The first-order valence-electron chi connectivity index (χ1n) is 12.4. The van der Waals surface area contributed by atoms with E-state index in [-0.39, 0.29) is 24.2 Å². The van der Waals surface area contributed by atoms with Crippen molar-refractivity contribution in [1.82, 2.24) is 10.1 Å². The third-order valence-electron chi connectivity index (χ3n) is 7.34. The van der Waals surface area contributed by atoms with E-state index in [1.165, 1.54) is 17.4 Å². The first-order valence-corrected chi connectivity index (χ1v) is 13.3. The standard InChI is InChI=1S/C28H25F2N3O3S/c1-31-17-8-9-22-23(14-17)37-27(32-22)28(34)12-10-18(11-13-28)35-15-21-24(33-36-25(21)16-6-7-16)19-4-2-3-5-20(19)26(29)30/h2-5,8-9,14,16,18,26,34H,6-7,10-13,15H2. The van der Waals surface area contributed by atoms with E-state index >= 15 is 0 Å². The van der Waals surface area contributed by atoms with Crippen LogP contribution in [0, 0.1) is 6.57 Å². The maximum absolute atomic E-state index is 13.7. The van der Waals surface area contributed by atoms with E-state index in [0.717, 1.165) is 34.4 Å². The fourth-order valence-corrected chi connectivity index (χ4v) is 6.22. The van der Waals surface area contributed by atoms with Gasteiger partial charge in [0, 0.05) is 27.3 Å². The van der Waals surface area contributed by atoms with Crippen LogP contribution in [0.1, 0.15) is 72.8 Å². The Balaban J connectivity index is 1.17. The highest BCUT2D eigenvalue weighted by molar-refractivity contribution is 7.18. The number of ether oxygens (including phenoxy) is 1. The van der Waals surface area contributed by atoms with Crippen LogP contribution in [-0.4, -0.2) is 21.4 Å². The predicted molar refractivity (Wildman–Crippen MR) is 136 cm³/mol. The van der Waals surface area contributed by atoms with Gasteiger partial charge < -0.3 is 14.4 Å². The summed E-state index contributed by atoms with van der Waals surface area (Å²) in [4.78, 5) is 8.12. The van der Waals surface area contributed by atoms with Crippen LogP contribution in [-0.2, 0) is 16.9 Å². The Hall–Kier alpha value is -3.19. The Labute approximate surface area is 216 Å². The second-order valence-corrected chi connectivity index (χ2v) is 10.9. The average molecular weight is 522 g/mol. The first-order chi connectivity index (χ1) is 17.9. The lowest BCUT2D eigenvalue weighted by Crippen LogP contribution is -2.34. The van der Waals surface area contributed by atoms with Crippen LogP contribution >= 0.6 is 11.3 Å². The minimum atomic E-state index is -2.61. The zero-order valence-corrected chi connectivity index (χ0v) is 20.8. The molecule has 2 heterocycles. The van der Waals surface area contributed by atoms with Crippen molar-refractivity contribution >= 4 is 27.2 Å². The monoisotopic (exact) mass is 521 g/mol. The van der Waals surface area contributed by atoms with E-state index in [1.807, 2.05) is 12.1 Å². The molecule has 0 aliphatic heterocycles. The summed E-state index contributed by atoms with van der Waals surface area (Å²) in [6.07, 6.45) is 1.60. The van der Waals surface area contributed by atoms with Crippen LogP contribution in [0.3, 0.4) is 0 Å². The third-order valence-corrected chi connectivity index (χ3v) is 8.55. The SMILES string of the molecule is [C-]#[N+]c1ccc2nc(C3(O)CCC(OCc4c(-c5ccccc5C(F)F)noc4C4CC4)CC3)sc2c1. The maximum Gasteiger partial charge on any atom is 0.264 e. The molecule has 0 unspecified atom stereocenters. The molecular formula is C28H25F2N3O3S. The van der Waals surface area contributed by atoms with Gasteiger partial charge in [0.1, 0.15) is 22.1 Å². The van der Waals surface area contributed by atoms with Crippen LogP contribution < -0.4 is 0 Å². The van der Waals surface area contributed by atoms with Crippen LogP contribution in [0.25, 0.3) is 26.3 Å². The molecule has 37 heavy (non-hydrogen) atoms. The fourth-order valence-electron chi connectivity index (χ4n) is 5.07. The molecule has 0 spiro atoms. The van der Waals surface area contributed by atoms with Crippen molar-refractivity contribution in [2.75, 3.05) is 0 Å². The number of hydrogen-bond acceptors (Lipinski definition) is 6. The first kappa shape index (κ1) is 24.2. The van der Waals surface area contributed by atoms with Gasteiger partial charge in [0.15, 0.2) is 5.69 Å². The molecule has 0 bridgehead atoms. The van der Waals surface area contributed by atoms with Crippen molar-refractivity contribution in [1.29, 1.82) is 0 Å². The van der Waals surface area contributed by atoms with Crippen molar-refractivity contribution in [3.63, 3.8) is 0 Å². The van der Waals surface area contributed by atoms with Crippen molar-refractivity contribution < 1.29 is 23.1 Å². The highest BCUT2D eigenvalue weighted by Gasteiger charge is 2.39. The third kappa shape index (κ3) is 4.65. The van der Waals surface area contributed by atoms with Gasteiger partial charge in [-0.3, -0.25) is 0 Å². The Morgan fingerprint density at radius 2 is 1.95 bits per heavy atom. The van der Waals surface area contributed by atoms with E-state index in [9.17, 15) is 13.9 Å². The van der Waals surface area contributed by atoms with E-state index < -0.39 is 12.0 Å². The summed E-state index contributed by atoms with van der Waals surface area (Å²) in [6, 6.07) is 11.8. The van der Waals surface area contributed by atoms with Crippen molar-refractivity contribution in [2.24, 2.45) is 0 Å². The lowest BCUT2D eigenvalue weighted by atomic mass is 9.83. The Morgan fingerprint density at radius 1 is 1.16 bits per heavy atom. The number of fused-ring (bicyclic) bond motifs is 1. The zero-order chi connectivity index (χ0) is 25.6. The molecule has 2 fully saturated rings. The van der Waals surface area contributed by atoms with E-state index in [1.54, 1.807) is 24.3 Å². The topological polar surface area (TPSA) is 72.7 Å². The van der Waals surface area contributed by atoms with Crippen molar-refractivity contribution in [3.05, 3.63) is 75.8 Å². The fraction of sp³-hybridized carbons (Fsp3) is 0.393. The maximum atomic E-state index is 13.7. The van der Waals surface area contributed by atoms with E-state index in [4.69, 9.17) is 15.8 Å². The predicted octanol–water partition coefficient (Wildman–Crippen LogP) is 7.66. The molecular weight excluding hydrogens is 496 g/mol. The molecule has 2 aliphatic rings. The number of aromatic nitrogens is 2. The lowest BCUT2D eigenvalue weighted by molar-refractivity contribution is -0.0640. The number of halogens is 2. The van der Waals surface area contributed by atoms with Crippen LogP contribution in [0.15, 0.2) is 47.0 Å². The van der Waals surface area contributed by atoms with Gasteiger partial charge in [-0.2, -0.15) is 0 Å².